The highest BCUT2D eigenvalue weighted by Gasteiger charge is 2.15. The van der Waals surface area contributed by atoms with E-state index < -0.39 is 0 Å². The Morgan fingerprint density at radius 2 is 1.61 bits per heavy atom. The Bertz CT molecular complexity index is 606. The second-order valence-electron chi connectivity index (χ2n) is 5.01. The molecule has 1 aliphatic heterocycles. The molecule has 0 fully saturated rings. The molecule has 2 aromatic rings. The maximum Gasteiger partial charge on any atom is 0.0721 e. The summed E-state index contributed by atoms with van der Waals surface area (Å²) in [5, 5.41) is 0. The molecule has 0 aromatic heterocycles. The third-order valence-electron chi connectivity index (χ3n) is 3.50. The molecule has 0 atom stereocenters. The molecule has 2 aromatic carbocycles. The van der Waals surface area contributed by atoms with Crippen LogP contribution in [0.15, 0.2) is 47.5 Å². The lowest BCUT2D eigenvalue weighted by atomic mass is 9.92. The summed E-state index contributed by atoms with van der Waals surface area (Å²) in [4.78, 5) is 4.73. The van der Waals surface area contributed by atoms with Crippen LogP contribution in [0.4, 0.5) is 0 Å². The standard InChI is InChI=1S/C17H17N/c1-12-3-7-15(8-4-12)17-16-11-13(2)5-6-14(16)9-10-18-17/h3-8,11H,9-10H2,1-2H3. The fourth-order valence-corrected chi connectivity index (χ4v) is 2.46. The average molecular weight is 235 g/mol. The molecule has 0 unspecified atom stereocenters. The van der Waals surface area contributed by atoms with Crippen LogP contribution in [0.3, 0.4) is 0 Å². The first-order chi connectivity index (χ1) is 8.74. The molecule has 90 valence electrons. The van der Waals surface area contributed by atoms with E-state index >= 15 is 0 Å². The summed E-state index contributed by atoms with van der Waals surface area (Å²) < 4.78 is 0. The van der Waals surface area contributed by atoms with Gasteiger partial charge in [0.2, 0.25) is 0 Å². The lowest BCUT2D eigenvalue weighted by molar-refractivity contribution is 0.942. The number of aliphatic imine (C=N–C) groups is 1. The van der Waals surface area contributed by atoms with Crippen molar-refractivity contribution in [1.29, 1.82) is 0 Å². The number of hydrogen-bond acceptors (Lipinski definition) is 1. The van der Waals surface area contributed by atoms with Gasteiger partial charge in [-0.2, -0.15) is 0 Å². The summed E-state index contributed by atoms with van der Waals surface area (Å²) in [5.41, 5.74) is 7.71. The van der Waals surface area contributed by atoms with E-state index in [2.05, 4.69) is 56.3 Å². The highest BCUT2D eigenvalue weighted by atomic mass is 14.7. The van der Waals surface area contributed by atoms with E-state index in [-0.39, 0.29) is 0 Å². The highest BCUT2D eigenvalue weighted by molar-refractivity contribution is 6.14. The lowest BCUT2D eigenvalue weighted by Gasteiger charge is -2.18. The first-order valence-corrected chi connectivity index (χ1v) is 6.45. The van der Waals surface area contributed by atoms with Crippen LogP contribution >= 0.6 is 0 Å². The first-order valence-electron chi connectivity index (χ1n) is 6.45. The smallest absolute Gasteiger partial charge is 0.0721 e. The monoisotopic (exact) mass is 235 g/mol. The quantitative estimate of drug-likeness (QED) is 0.714. The lowest BCUT2D eigenvalue weighted by Crippen LogP contribution is -2.14. The molecule has 1 nitrogen and oxygen atoms in total. The minimum absolute atomic E-state index is 0.902. The molecule has 0 bridgehead atoms. The Morgan fingerprint density at radius 3 is 2.39 bits per heavy atom. The molecule has 0 radical (unpaired) electrons. The van der Waals surface area contributed by atoms with E-state index in [9.17, 15) is 0 Å². The van der Waals surface area contributed by atoms with Gasteiger partial charge in [-0.05, 0) is 31.9 Å². The minimum atomic E-state index is 0.902. The molecule has 0 spiro atoms. The van der Waals surface area contributed by atoms with Crippen molar-refractivity contribution in [3.8, 4) is 0 Å². The van der Waals surface area contributed by atoms with Gasteiger partial charge in [-0.1, -0.05) is 47.5 Å². The minimum Gasteiger partial charge on any atom is -0.284 e. The third kappa shape index (κ3) is 1.97. The molecule has 0 N–H and O–H groups in total. The third-order valence-corrected chi connectivity index (χ3v) is 3.50. The van der Waals surface area contributed by atoms with Crippen LogP contribution in [-0.2, 0) is 6.42 Å². The van der Waals surface area contributed by atoms with Gasteiger partial charge < -0.3 is 0 Å². The summed E-state index contributed by atoms with van der Waals surface area (Å²) in [6, 6.07) is 15.3. The Hall–Kier alpha value is -1.89. The zero-order valence-electron chi connectivity index (χ0n) is 10.9. The SMILES string of the molecule is Cc1ccc(C2=NCCc3ccc(C)cc32)cc1. The average Bonchev–Trinajstić information content (AvgIpc) is 2.39. The van der Waals surface area contributed by atoms with Gasteiger partial charge in [-0.25, -0.2) is 0 Å². The number of benzene rings is 2. The van der Waals surface area contributed by atoms with Crippen LogP contribution in [0, 0.1) is 13.8 Å². The van der Waals surface area contributed by atoms with Gasteiger partial charge in [0.15, 0.2) is 0 Å². The van der Waals surface area contributed by atoms with Crippen molar-refractivity contribution in [2.75, 3.05) is 6.54 Å². The second-order valence-corrected chi connectivity index (χ2v) is 5.01. The van der Waals surface area contributed by atoms with Crippen molar-refractivity contribution >= 4 is 5.71 Å². The molecule has 3 rings (SSSR count). The molecule has 1 heterocycles. The van der Waals surface area contributed by atoms with Crippen molar-refractivity contribution in [1.82, 2.24) is 0 Å². The maximum absolute atomic E-state index is 4.73. The molecule has 1 aliphatic rings. The van der Waals surface area contributed by atoms with Crippen molar-refractivity contribution < 1.29 is 0 Å². The molecule has 0 saturated carbocycles. The van der Waals surface area contributed by atoms with Crippen LogP contribution in [-0.4, -0.2) is 12.3 Å². The van der Waals surface area contributed by atoms with Crippen molar-refractivity contribution in [2.45, 2.75) is 20.3 Å². The topological polar surface area (TPSA) is 12.4 Å². The van der Waals surface area contributed by atoms with Gasteiger partial charge in [-0.3, -0.25) is 4.99 Å². The van der Waals surface area contributed by atoms with E-state index in [1.807, 2.05) is 0 Å². The molecular formula is C17H17N. The molecule has 0 aliphatic carbocycles. The predicted octanol–water partition coefficient (Wildman–Crippen LogP) is 3.70. The number of aryl methyl sites for hydroxylation is 2. The second kappa shape index (κ2) is 4.41. The summed E-state index contributed by atoms with van der Waals surface area (Å²) in [6.07, 6.45) is 1.06. The van der Waals surface area contributed by atoms with Crippen LogP contribution < -0.4 is 0 Å². The fraction of sp³-hybridized carbons (Fsp3) is 0.235. The van der Waals surface area contributed by atoms with E-state index in [0.29, 0.717) is 0 Å². The maximum atomic E-state index is 4.73. The van der Waals surface area contributed by atoms with Crippen molar-refractivity contribution in [3.63, 3.8) is 0 Å². The van der Waals surface area contributed by atoms with Gasteiger partial charge in [0.05, 0.1) is 5.71 Å². The van der Waals surface area contributed by atoms with E-state index in [1.165, 1.54) is 27.8 Å². The Kier molecular flexibility index (Phi) is 2.75. The Morgan fingerprint density at radius 1 is 0.889 bits per heavy atom. The van der Waals surface area contributed by atoms with E-state index in [4.69, 9.17) is 4.99 Å². The Labute approximate surface area is 108 Å². The molecule has 18 heavy (non-hydrogen) atoms. The summed E-state index contributed by atoms with van der Waals surface area (Å²) in [6.45, 7) is 5.16. The van der Waals surface area contributed by atoms with Gasteiger partial charge in [0.1, 0.15) is 0 Å². The van der Waals surface area contributed by atoms with Gasteiger partial charge in [-0.15, -0.1) is 0 Å². The van der Waals surface area contributed by atoms with Gasteiger partial charge in [0, 0.05) is 17.7 Å². The number of rotatable bonds is 1. The number of nitrogens with zero attached hydrogens (tertiary/aromatic N) is 1. The summed E-state index contributed by atoms with van der Waals surface area (Å²) in [5.74, 6) is 0. The van der Waals surface area contributed by atoms with Crippen molar-refractivity contribution in [2.24, 2.45) is 4.99 Å². The van der Waals surface area contributed by atoms with Crippen molar-refractivity contribution in [3.05, 3.63) is 70.3 Å². The zero-order chi connectivity index (χ0) is 12.5. The molecule has 1 heteroatoms. The van der Waals surface area contributed by atoms with Crippen LogP contribution in [0.5, 0.6) is 0 Å². The Balaban J connectivity index is 2.11. The fourth-order valence-electron chi connectivity index (χ4n) is 2.46. The van der Waals surface area contributed by atoms with Crippen LogP contribution in [0.1, 0.15) is 27.8 Å². The molecule has 0 amide bonds. The molecule has 0 saturated heterocycles. The zero-order valence-corrected chi connectivity index (χ0v) is 10.9. The normalized spacial score (nSPS) is 14.0. The van der Waals surface area contributed by atoms with E-state index in [0.717, 1.165) is 18.7 Å². The number of hydrogen-bond donors (Lipinski definition) is 0. The van der Waals surface area contributed by atoms with E-state index in [1.54, 1.807) is 0 Å². The largest absolute Gasteiger partial charge is 0.284 e. The first kappa shape index (κ1) is 11.2. The van der Waals surface area contributed by atoms with Gasteiger partial charge in [0.25, 0.3) is 0 Å². The number of fused-ring (bicyclic) bond motifs is 1. The summed E-state index contributed by atoms with van der Waals surface area (Å²) >= 11 is 0. The predicted molar refractivity (Wildman–Crippen MR) is 76.6 cm³/mol. The van der Waals surface area contributed by atoms with Crippen LogP contribution in [0.2, 0.25) is 0 Å². The summed E-state index contributed by atoms with van der Waals surface area (Å²) in [7, 11) is 0. The van der Waals surface area contributed by atoms with Gasteiger partial charge >= 0.3 is 0 Å². The highest BCUT2D eigenvalue weighted by Crippen LogP contribution is 2.22. The van der Waals surface area contributed by atoms with Crippen LogP contribution in [0.25, 0.3) is 0 Å². The molecular weight excluding hydrogens is 218 g/mol.